The van der Waals surface area contributed by atoms with Gasteiger partial charge in [0, 0.05) is 12.6 Å². The van der Waals surface area contributed by atoms with E-state index in [1.54, 1.807) is 12.1 Å². The highest BCUT2D eigenvalue weighted by Gasteiger charge is 2.23. The first kappa shape index (κ1) is 12.0. The SMILES string of the molecule is N#Cc1cc(CN2CCC[C@@H]2CO)ccc1F. The Morgan fingerprint density at radius 3 is 3.06 bits per heavy atom. The third-order valence-electron chi connectivity index (χ3n) is 3.25. The van der Waals surface area contributed by atoms with Crippen LogP contribution in [0.4, 0.5) is 4.39 Å². The highest BCUT2D eigenvalue weighted by Crippen LogP contribution is 2.20. The lowest BCUT2D eigenvalue weighted by Gasteiger charge is -2.22. The van der Waals surface area contributed by atoms with Crippen LogP contribution in [-0.2, 0) is 6.54 Å². The fourth-order valence-corrected chi connectivity index (χ4v) is 2.30. The van der Waals surface area contributed by atoms with Crippen molar-refractivity contribution in [2.24, 2.45) is 0 Å². The predicted molar refractivity (Wildman–Crippen MR) is 61.6 cm³/mol. The van der Waals surface area contributed by atoms with Crippen LogP contribution in [0.25, 0.3) is 0 Å². The maximum Gasteiger partial charge on any atom is 0.140 e. The maximum absolute atomic E-state index is 13.2. The van der Waals surface area contributed by atoms with Gasteiger partial charge in [0.2, 0.25) is 0 Å². The lowest BCUT2D eigenvalue weighted by Crippen LogP contribution is -2.31. The van der Waals surface area contributed by atoms with Crippen LogP contribution >= 0.6 is 0 Å². The van der Waals surface area contributed by atoms with E-state index in [-0.39, 0.29) is 18.2 Å². The summed E-state index contributed by atoms with van der Waals surface area (Å²) in [5.74, 6) is -0.476. The third kappa shape index (κ3) is 2.63. The smallest absolute Gasteiger partial charge is 0.140 e. The molecule has 3 nitrogen and oxygen atoms in total. The van der Waals surface area contributed by atoms with Gasteiger partial charge in [0.15, 0.2) is 0 Å². The number of aliphatic hydroxyl groups is 1. The molecule has 0 aliphatic carbocycles. The number of rotatable bonds is 3. The Morgan fingerprint density at radius 2 is 2.35 bits per heavy atom. The number of hydrogen-bond acceptors (Lipinski definition) is 3. The van der Waals surface area contributed by atoms with E-state index >= 15 is 0 Å². The zero-order valence-electron chi connectivity index (χ0n) is 9.56. The van der Waals surface area contributed by atoms with Gasteiger partial charge in [-0.2, -0.15) is 5.26 Å². The van der Waals surface area contributed by atoms with Crippen LogP contribution in [0.5, 0.6) is 0 Å². The van der Waals surface area contributed by atoms with Gasteiger partial charge in [-0.3, -0.25) is 4.90 Å². The Hall–Kier alpha value is -1.44. The molecule has 0 spiro atoms. The average Bonchev–Trinajstić information content (AvgIpc) is 2.79. The molecule has 0 unspecified atom stereocenters. The molecule has 90 valence electrons. The minimum absolute atomic E-state index is 0.0854. The van der Waals surface area contributed by atoms with Crippen molar-refractivity contribution in [2.75, 3.05) is 13.2 Å². The number of likely N-dealkylation sites (tertiary alicyclic amines) is 1. The summed E-state index contributed by atoms with van der Waals surface area (Å²) in [7, 11) is 0. The molecule has 1 heterocycles. The molecule has 0 bridgehead atoms. The van der Waals surface area contributed by atoms with Gasteiger partial charge in [-0.1, -0.05) is 6.07 Å². The molecule has 0 amide bonds. The molecular formula is C13H15FN2O. The van der Waals surface area contributed by atoms with Crippen molar-refractivity contribution in [3.05, 3.63) is 35.1 Å². The molecule has 0 radical (unpaired) electrons. The molecule has 0 saturated carbocycles. The van der Waals surface area contributed by atoms with Gasteiger partial charge >= 0.3 is 0 Å². The van der Waals surface area contributed by atoms with Crippen molar-refractivity contribution in [2.45, 2.75) is 25.4 Å². The largest absolute Gasteiger partial charge is 0.395 e. The summed E-state index contributed by atoms with van der Waals surface area (Å²) in [6.07, 6.45) is 2.08. The van der Waals surface area contributed by atoms with Gasteiger partial charge in [0.05, 0.1) is 12.2 Å². The first-order valence-corrected chi connectivity index (χ1v) is 5.78. The van der Waals surface area contributed by atoms with Crippen molar-refractivity contribution < 1.29 is 9.50 Å². The molecule has 1 fully saturated rings. The van der Waals surface area contributed by atoms with Gasteiger partial charge in [0.25, 0.3) is 0 Å². The average molecular weight is 234 g/mol. The Morgan fingerprint density at radius 1 is 1.53 bits per heavy atom. The number of benzene rings is 1. The van der Waals surface area contributed by atoms with Crippen molar-refractivity contribution in [1.29, 1.82) is 5.26 Å². The van der Waals surface area contributed by atoms with E-state index in [0.29, 0.717) is 6.54 Å². The summed E-state index contributed by atoms with van der Waals surface area (Å²) < 4.78 is 13.2. The molecule has 17 heavy (non-hydrogen) atoms. The molecule has 1 aromatic rings. The third-order valence-corrected chi connectivity index (χ3v) is 3.25. The summed E-state index contributed by atoms with van der Waals surface area (Å²) >= 11 is 0. The quantitative estimate of drug-likeness (QED) is 0.865. The summed E-state index contributed by atoms with van der Waals surface area (Å²) in [6, 6.07) is 6.66. The number of nitriles is 1. The lowest BCUT2D eigenvalue weighted by molar-refractivity contribution is 0.153. The monoisotopic (exact) mass is 234 g/mol. The lowest BCUT2D eigenvalue weighted by atomic mass is 10.1. The molecule has 2 rings (SSSR count). The molecule has 4 heteroatoms. The molecule has 1 N–H and O–H groups in total. The van der Waals surface area contributed by atoms with Gasteiger partial charge in [-0.05, 0) is 37.1 Å². The van der Waals surface area contributed by atoms with E-state index in [4.69, 9.17) is 5.26 Å². The number of nitrogens with zero attached hydrogens (tertiary/aromatic N) is 2. The van der Waals surface area contributed by atoms with E-state index in [9.17, 15) is 9.50 Å². The highest BCUT2D eigenvalue weighted by atomic mass is 19.1. The van der Waals surface area contributed by atoms with Crippen LogP contribution in [-0.4, -0.2) is 29.2 Å². The van der Waals surface area contributed by atoms with E-state index in [1.165, 1.54) is 6.07 Å². The predicted octanol–water partition coefficient (Wildman–Crippen LogP) is 1.65. The Balaban J connectivity index is 2.11. The van der Waals surface area contributed by atoms with Crippen molar-refractivity contribution >= 4 is 0 Å². The van der Waals surface area contributed by atoms with Gasteiger partial charge in [-0.15, -0.1) is 0 Å². The molecule has 0 aromatic heterocycles. The zero-order valence-corrected chi connectivity index (χ0v) is 9.56. The summed E-state index contributed by atoms with van der Waals surface area (Å²) in [4.78, 5) is 2.17. The fraction of sp³-hybridized carbons (Fsp3) is 0.462. The Bertz CT molecular complexity index is 442. The molecular weight excluding hydrogens is 219 g/mol. The van der Waals surface area contributed by atoms with Crippen LogP contribution < -0.4 is 0 Å². The van der Waals surface area contributed by atoms with Gasteiger partial charge in [-0.25, -0.2) is 4.39 Å². The van der Waals surface area contributed by atoms with Crippen LogP contribution in [0.15, 0.2) is 18.2 Å². The number of halogens is 1. The number of hydrogen-bond donors (Lipinski definition) is 1. The second-order valence-corrected chi connectivity index (χ2v) is 4.38. The van der Waals surface area contributed by atoms with E-state index < -0.39 is 5.82 Å². The summed E-state index contributed by atoms with van der Waals surface area (Å²) in [5, 5.41) is 18.0. The first-order valence-electron chi connectivity index (χ1n) is 5.78. The minimum Gasteiger partial charge on any atom is -0.395 e. The first-order chi connectivity index (χ1) is 8.24. The van der Waals surface area contributed by atoms with Crippen LogP contribution in [0.2, 0.25) is 0 Å². The normalized spacial score (nSPS) is 20.4. The standard InChI is InChI=1S/C13H15FN2O/c14-13-4-3-10(6-11(13)7-15)8-16-5-1-2-12(16)9-17/h3-4,6,12,17H,1-2,5,8-9H2/t12-/m1/s1. The molecule has 1 atom stereocenters. The maximum atomic E-state index is 13.2. The van der Waals surface area contributed by atoms with Crippen molar-refractivity contribution in [1.82, 2.24) is 4.90 Å². The summed E-state index contributed by atoms with van der Waals surface area (Å²) in [5.41, 5.74) is 1.01. The minimum atomic E-state index is -0.476. The van der Waals surface area contributed by atoms with E-state index in [0.717, 1.165) is 24.9 Å². The summed E-state index contributed by atoms with van der Waals surface area (Å²) in [6.45, 7) is 1.77. The fourth-order valence-electron chi connectivity index (χ4n) is 2.30. The van der Waals surface area contributed by atoms with E-state index in [1.807, 2.05) is 6.07 Å². The van der Waals surface area contributed by atoms with Gasteiger partial charge in [0.1, 0.15) is 11.9 Å². The van der Waals surface area contributed by atoms with Crippen molar-refractivity contribution in [3.63, 3.8) is 0 Å². The molecule has 1 aliphatic rings. The topological polar surface area (TPSA) is 47.3 Å². The second-order valence-electron chi connectivity index (χ2n) is 4.38. The van der Waals surface area contributed by atoms with Crippen LogP contribution in [0, 0.1) is 17.1 Å². The number of aliphatic hydroxyl groups excluding tert-OH is 1. The van der Waals surface area contributed by atoms with E-state index in [2.05, 4.69) is 4.90 Å². The van der Waals surface area contributed by atoms with Crippen LogP contribution in [0.1, 0.15) is 24.0 Å². The second kappa shape index (κ2) is 5.26. The Labute approximate surface area is 100 Å². The van der Waals surface area contributed by atoms with Crippen LogP contribution in [0.3, 0.4) is 0 Å². The van der Waals surface area contributed by atoms with Crippen molar-refractivity contribution in [3.8, 4) is 6.07 Å². The molecule has 1 aromatic carbocycles. The van der Waals surface area contributed by atoms with Gasteiger partial charge < -0.3 is 5.11 Å². The Kier molecular flexibility index (Phi) is 3.72. The highest BCUT2D eigenvalue weighted by molar-refractivity contribution is 5.34. The zero-order chi connectivity index (χ0) is 12.3. The molecule has 1 saturated heterocycles. The molecule has 1 aliphatic heterocycles.